The van der Waals surface area contributed by atoms with Crippen molar-refractivity contribution < 1.29 is 0 Å². The van der Waals surface area contributed by atoms with Gasteiger partial charge in [0, 0.05) is 13.1 Å². The molecule has 0 aliphatic carbocycles. The number of hydrazine groups is 1. The smallest absolute Gasteiger partial charge is 0.0178 e. The van der Waals surface area contributed by atoms with E-state index in [1.807, 2.05) is 0 Å². The standard InChI is InChI=1S/C5H10N2S2/c8-5(9)6-7-3-1-2-4-7/h1-4H2,(H2,6,8,9)/p-1. The van der Waals surface area contributed by atoms with Crippen LogP contribution in [0.3, 0.4) is 0 Å². The van der Waals surface area contributed by atoms with Crippen LogP contribution in [-0.4, -0.2) is 22.4 Å². The summed E-state index contributed by atoms with van der Waals surface area (Å²) in [4.78, 5) is 0. The Kier molecular flexibility index (Phi) is 2.63. The van der Waals surface area contributed by atoms with Crippen LogP contribution in [0.2, 0.25) is 0 Å². The Labute approximate surface area is 66.0 Å². The summed E-state index contributed by atoms with van der Waals surface area (Å²) < 4.78 is 0.455. The molecule has 1 N–H and O–H groups in total. The lowest BCUT2D eigenvalue weighted by Gasteiger charge is -2.19. The van der Waals surface area contributed by atoms with Gasteiger partial charge in [-0.05, 0) is 17.2 Å². The average Bonchev–Trinajstić information content (AvgIpc) is 2.15. The van der Waals surface area contributed by atoms with E-state index in [4.69, 9.17) is 24.8 Å². The van der Waals surface area contributed by atoms with Gasteiger partial charge >= 0.3 is 0 Å². The number of hydrogen-bond donors (Lipinski definition) is 1. The molecular weight excluding hydrogens is 152 g/mol. The van der Waals surface area contributed by atoms with E-state index in [0.717, 1.165) is 13.1 Å². The van der Waals surface area contributed by atoms with Gasteiger partial charge in [-0.2, -0.15) is 0 Å². The first-order valence-electron chi connectivity index (χ1n) is 3.01. The molecule has 0 aromatic heterocycles. The molecule has 9 heavy (non-hydrogen) atoms. The van der Waals surface area contributed by atoms with Gasteiger partial charge in [-0.15, -0.1) is 0 Å². The Balaban J connectivity index is 2.19. The molecule has 0 aromatic rings. The minimum Gasteiger partial charge on any atom is -0.410 e. The summed E-state index contributed by atoms with van der Waals surface area (Å²) >= 11 is 9.39. The second kappa shape index (κ2) is 3.29. The number of rotatable bonds is 1. The third-order valence-electron chi connectivity index (χ3n) is 1.36. The molecule has 1 rings (SSSR count). The highest BCUT2D eigenvalue weighted by molar-refractivity contribution is 8.00. The van der Waals surface area contributed by atoms with Gasteiger partial charge in [0.05, 0.1) is 0 Å². The van der Waals surface area contributed by atoms with Crippen LogP contribution in [0.15, 0.2) is 0 Å². The molecule has 2 nitrogen and oxygen atoms in total. The summed E-state index contributed by atoms with van der Waals surface area (Å²) in [5.41, 5.74) is 2.92. The van der Waals surface area contributed by atoms with Crippen molar-refractivity contribution in [3.63, 3.8) is 0 Å². The summed E-state index contributed by atoms with van der Waals surface area (Å²) in [6, 6.07) is 0. The highest BCUT2D eigenvalue weighted by atomic mass is 32.1. The molecule has 1 fully saturated rings. The SMILES string of the molecule is S=C([S-])NN1CCCC1. The van der Waals surface area contributed by atoms with Gasteiger partial charge < -0.3 is 30.3 Å². The van der Waals surface area contributed by atoms with Crippen molar-refractivity contribution >= 4 is 29.2 Å². The van der Waals surface area contributed by atoms with Crippen molar-refractivity contribution in [2.45, 2.75) is 12.8 Å². The molecule has 1 aliphatic heterocycles. The zero-order chi connectivity index (χ0) is 6.69. The van der Waals surface area contributed by atoms with Crippen LogP contribution in [0.4, 0.5) is 0 Å². The molecule has 1 aliphatic rings. The highest BCUT2D eigenvalue weighted by Crippen LogP contribution is 2.02. The number of thiocarbonyl (C=S) groups is 1. The molecule has 0 saturated carbocycles. The first-order valence-corrected chi connectivity index (χ1v) is 3.83. The molecule has 1 saturated heterocycles. The summed E-state index contributed by atoms with van der Waals surface area (Å²) in [7, 11) is 0. The lowest BCUT2D eigenvalue weighted by atomic mass is 10.4. The van der Waals surface area contributed by atoms with Gasteiger partial charge in [0.2, 0.25) is 0 Å². The van der Waals surface area contributed by atoms with Crippen LogP contribution in [0.1, 0.15) is 12.8 Å². The molecule has 0 radical (unpaired) electrons. The highest BCUT2D eigenvalue weighted by Gasteiger charge is 2.08. The minimum atomic E-state index is 0.455. The van der Waals surface area contributed by atoms with Crippen LogP contribution in [0, 0.1) is 0 Å². The average molecular weight is 161 g/mol. The Hall–Kier alpha value is 0.0700. The van der Waals surface area contributed by atoms with Crippen molar-refractivity contribution in [1.29, 1.82) is 0 Å². The first kappa shape index (κ1) is 7.18. The van der Waals surface area contributed by atoms with E-state index < -0.39 is 0 Å². The van der Waals surface area contributed by atoms with Crippen molar-refractivity contribution in [3.05, 3.63) is 0 Å². The fourth-order valence-electron chi connectivity index (χ4n) is 0.958. The second-order valence-electron chi connectivity index (χ2n) is 2.09. The topological polar surface area (TPSA) is 15.3 Å². The Bertz CT molecular complexity index is 110. The van der Waals surface area contributed by atoms with Gasteiger partial charge in [-0.1, -0.05) is 0 Å². The molecule has 1 heterocycles. The van der Waals surface area contributed by atoms with Crippen LogP contribution in [0.5, 0.6) is 0 Å². The Morgan fingerprint density at radius 3 is 2.44 bits per heavy atom. The number of hydrogen-bond acceptors (Lipinski definition) is 3. The van der Waals surface area contributed by atoms with Crippen LogP contribution in [-0.2, 0) is 12.6 Å². The molecule has 0 bridgehead atoms. The minimum absolute atomic E-state index is 0.455. The zero-order valence-corrected chi connectivity index (χ0v) is 6.73. The van der Waals surface area contributed by atoms with Crippen LogP contribution < -0.4 is 5.43 Å². The van der Waals surface area contributed by atoms with E-state index >= 15 is 0 Å². The van der Waals surface area contributed by atoms with E-state index in [9.17, 15) is 0 Å². The Morgan fingerprint density at radius 1 is 1.44 bits per heavy atom. The van der Waals surface area contributed by atoms with Gasteiger partial charge in [-0.3, -0.25) is 0 Å². The monoisotopic (exact) mass is 161 g/mol. The zero-order valence-electron chi connectivity index (χ0n) is 5.09. The number of nitrogens with one attached hydrogen (secondary N) is 1. The summed E-state index contributed by atoms with van der Waals surface area (Å²) in [5.74, 6) is 0. The molecule has 0 aromatic carbocycles. The summed E-state index contributed by atoms with van der Waals surface area (Å²) in [6.07, 6.45) is 2.51. The van der Waals surface area contributed by atoms with Gasteiger partial charge in [0.25, 0.3) is 0 Å². The maximum atomic E-state index is 4.69. The van der Waals surface area contributed by atoms with E-state index in [-0.39, 0.29) is 0 Å². The third-order valence-corrected chi connectivity index (χ3v) is 1.54. The van der Waals surface area contributed by atoms with Gasteiger partial charge in [0.1, 0.15) is 0 Å². The Morgan fingerprint density at radius 2 is 2.00 bits per heavy atom. The van der Waals surface area contributed by atoms with E-state index in [1.165, 1.54) is 12.8 Å². The largest absolute Gasteiger partial charge is 0.410 e. The van der Waals surface area contributed by atoms with Crippen molar-refractivity contribution in [2.75, 3.05) is 13.1 Å². The molecule has 0 atom stereocenters. The van der Waals surface area contributed by atoms with Gasteiger partial charge in [0.15, 0.2) is 0 Å². The maximum Gasteiger partial charge on any atom is 0.0178 e. The molecule has 0 amide bonds. The van der Waals surface area contributed by atoms with Crippen molar-refractivity contribution in [1.82, 2.24) is 10.4 Å². The number of nitrogens with zero attached hydrogens (tertiary/aromatic N) is 1. The molecule has 0 unspecified atom stereocenters. The lowest BCUT2D eigenvalue weighted by Crippen LogP contribution is -2.37. The van der Waals surface area contributed by atoms with Crippen molar-refractivity contribution in [3.8, 4) is 0 Å². The van der Waals surface area contributed by atoms with E-state index in [1.54, 1.807) is 0 Å². The predicted octanol–water partition coefficient (Wildman–Crippen LogP) is 0.419. The first-order chi connectivity index (χ1) is 4.29. The molecule has 4 heteroatoms. The fourth-order valence-corrected chi connectivity index (χ4v) is 1.22. The fraction of sp³-hybridized carbons (Fsp3) is 0.800. The third kappa shape index (κ3) is 2.43. The van der Waals surface area contributed by atoms with Crippen molar-refractivity contribution in [2.24, 2.45) is 0 Å². The molecule has 52 valence electrons. The van der Waals surface area contributed by atoms with Crippen LogP contribution in [0.25, 0.3) is 0 Å². The summed E-state index contributed by atoms with van der Waals surface area (Å²) in [5, 5.41) is 2.06. The van der Waals surface area contributed by atoms with E-state index in [2.05, 4.69) is 10.4 Å². The maximum absolute atomic E-state index is 4.69. The molecule has 0 spiro atoms. The quantitative estimate of drug-likeness (QED) is 0.442. The predicted molar refractivity (Wildman–Crippen MR) is 43.9 cm³/mol. The van der Waals surface area contributed by atoms with Crippen LogP contribution >= 0.6 is 12.2 Å². The van der Waals surface area contributed by atoms with E-state index in [0.29, 0.717) is 4.32 Å². The normalized spacial score (nSPS) is 20.0. The molecular formula is C5H9N2S2-. The van der Waals surface area contributed by atoms with Gasteiger partial charge in [-0.25, -0.2) is 5.01 Å². The lowest BCUT2D eigenvalue weighted by molar-refractivity contribution is 0.300. The second-order valence-corrected chi connectivity index (χ2v) is 3.17. The summed E-state index contributed by atoms with van der Waals surface area (Å²) in [6.45, 7) is 2.16.